The monoisotopic (exact) mass is 693 g/mol. The number of amides is 4. The predicted octanol–water partition coefficient (Wildman–Crippen LogP) is 3.10. The van der Waals surface area contributed by atoms with Crippen molar-refractivity contribution >= 4 is 23.6 Å². The average Bonchev–Trinajstić information content (AvgIpc) is 3.48. The normalized spacial score (nSPS) is 18.8. The van der Waals surface area contributed by atoms with Crippen LogP contribution in [0.2, 0.25) is 0 Å². The fourth-order valence-electron chi connectivity index (χ4n) is 5.82. The van der Waals surface area contributed by atoms with Crippen LogP contribution in [0, 0.1) is 11.7 Å². The van der Waals surface area contributed by atoms with Gasteiger partial charge in [-0.15, -0.1) is 0 Å². The molecule has 2 heterocycles. The van der Waals surface area contributed by atoms with E-state index in [0.29, 0.717) is 60.9 Å². The number of hydrogen-bond donors (Lipinski definition) is 3. The molecule has 270 valence electrons. The Labute approximate surface area is 292 Å². The number of carbonyl (C=O) groups is 4. The number of carbonyl (C=O) groups excluding carboxylic acids is 4. The molecule has 3 atom stereocenters. The van der Waals surface area contributed by atoms with Crippen LogP contribution >= 0.6 is 0 Å². The Morgan fingerprint density at radius 3 is 2.48 bits per heavy atom. The summed E-state index contributed by atoms with van der Waals surface area (Å²) < 4.78 is 26.0. The average molecular weight is 694 g/mol. The lowest BCUT2D eigenvalue weighted by molar-refractivity contribution is -0.132. The maximum Gasteiger partial charge on any atom is 0.243 e. The quantitative estimate of drug-likeness (QED) is 0.325. The van der Waals surface area contributed by atoms with Crippen molar-refractivity contribution in [1.29, 1.82) is 0 Å². The van der Waals surface area contributed by atoms with Crippen LogP contribution in [-0.2, 0) is 38.6 Å². The van der Waals surface area contributed by atoms with Crippen molar-refractivity contribution in [3.63, 3.8) is 0 Å². The first-order chi connectivity index (χ1) is 24.0. The van der Waals surface area contributed by atoms with Crippen LogP contribution in [-0.4, -0.2) is 83.2 Å². The maximum absolute atomic E-state index is 13.8. The molecule has 1 aliphatic rings. The highest BCUT2D eigenvalue weighted by atomic mass is 19.1. The molecule has 14 heteroatoms. The Bertz CT molecular complexity index is 1650. The first-order valence-corrected chi connectivity index (χ1v) is 17.0. The highest BCUT2D eigenvalue weighted by molar-refractivity contribution is 5.88. The third kappa shape index (κ3) is 10.5. The highest BCUT2D eigenvalue weighted by Crippen LogP contribution is 2.28. The molecular formula is C36H48FN7O6. The molecule has 4 amide bonds. The fourth-order valence-corrected chi connectivity index (χ4v) is 5.82. The van der Waals surface area contributed by atoms with Crippen molar-refractivity contribution in [2.45, 2.75) is 77.9 Å². The van der Waals surface area contributed by atoms with Gasteiger partial charge in [0, 0.05) is 32.5 Å². The first kappa shape index (κ1) is 37.8. The summed E-state index contributed by atoms with van der Waals surface area (Å²) in [5.74, 6) is 0.157. The molecule has 0 aliphatic carbocycles. The lowest BCUT2D eigenvalue weighted by atomic mass is 9.97. The second-order valence-electron chi connectivity index (χ2n) is 12.6. The highest BCUT2D eigenvalue weighted by Gasteiger charge is 2.29. The molecule has 0 saturated carbocycles. The molecule has 0 bridgehead atoms. The lowest BCUT2D eigenvalue weighted by Crippen LogP contribution is -2.51. The van der Waals surface area contributed by atoms with Gasteiger partial charge in [0.05, 0.1) is 26.7 Å². The summed E-state index contributed by atoms with van der Waals surface area (Å²) in [6.07, 6.45) is 1.90. The molecule has 4 rings (SSSR count). The molecule has 1 aliphatic heterocycles. The van der Waals surface area contributed by atoms with Crippen LogP contribution in [0.25, 0.3) is 0 Å². The number of hydrogen-bond acceptors (Lipinski definition) is 8. The van der Waals surface area contributed by atoms with E-state index in [9.17, 15) is 23.6 Å². The number of aromatic nitrogens is 3. The summed E-state index contributed by atoms with van der Waals surface area (Å²) in [4.78, 5) is 59.5. The summed E-state index contributed by atoms with van der Waals surface area (Å²) >= 11 is 0. The van der Waals surface area contributed by atoms with Gasteiger partial charge in [0.2, 0.25) is 23.6 Å². The van der Waals surface area contributed by atoms with Crippen molar-refractivity contribution in [2.75, 3.05) is 33.9 Å². The molecule has 3 aromatic rings. The third-order valence-electron chi connectivity index (χ3n) is 8.76. The van der Waals surface area contributed by atoms with Gasteiger partial charge < -0.3 is 30.3 Å². The number of benzene rings is 2. The van der Waals surface area contributed by atoms with Gasteiger partial charge >= 0.3 is 0 Å². The standard InChI is InChI=1S/C36H48FN7O6/c1-6-23(2)34-36(48)39-24(3)35-40-30(20-26-13-14-28(49-4)29(19-26)50-5)42-44(35)22-32(46)38-15-9-17-43(16-8-12-31(45)41-34)33(47)21-25-10-7-11-27(37)18-25/h7,10-11,13-14,18-19,23-24,34H,6,8-9,12,15-17,20-22H2,1-5H3,(H,38,46)(H,39,48)(H,41,45)/t23-,24+,34-/m0/s1. The summed E-state index contributed by atoms with van der Waals surface area (Å²) in [5.41, 5.74) is 1.40. The van der Waals surface area contributed by atoms with E-state index in [1.807, 2.05) is 26.0 Å². The van der Waals surface area contributed by atoms with Crippen molar-refractivity contribution in [1.82, 2.24) is 35.6 Å². The van der Waals surface area contributed by atoms with E-state index in [-0.39, 0.29) is 62.0 Å². The van der Waals surface area contributed by atoms with Crippen molar-refractivity contribution in [2.24, 2.45) is 5.92 Å². The Balaban J connectivity index is 1.58. The number of methoxy groups -OCH3 is 2. The van der Waals surface area contributed by atoms with Gasteiger partial charge in [-0.1, -0.05) is 38.5 Å². The molecule has 0 radical (unpaired) electrons. The Morgan fingerprint density at radius 1 is 1.00 bits per heavy atom. The van der Waals surface area contributed by atoms with Crippen LogP contribution in [0.3, 0.4) is 0 Å². The molecule has 3 N–H and O–H groups in total. The summed E-state index contributed by atoms with van der Waals surface area (Å²) in [5, 5.41) is 13.4. The lowest BCUT2D eigenvalue weighted by Gasteiger charge is -2.26. The van der Waals surface area contributed by atoms with E-state index in [1.165, 1.54) is 16.8 Å². The minimum Gasteiger partial charge on any atom is -0.493 e. The Morgan fingerprint density at radius 2 is 1.76 bits per heavy atom. The third-order valence-corrected chi connectivity index (χ3v) is 8.76. The molecule has 0 spiro atoms. The van der Waals surface area contributed by atoms with E-state index in [1.54, 1.807) is 44.2 Å². The molecule has 1 aromatic heterocycles. The summed E-state index contributed by atoms with van der Waals surface area (Å²) in [6.45, 7) is 6.35. The number of nitrogens with zero attached hydrogens (tertiary/aromatic N) is 4. The van der Waals surface area contributed by atoms with E-state index in [0.717, 1.165) is 5.56 Å². The van der Waals surface area contributed by atoms with Gasteiger partial charge in [-0.3, -0.25) is 19.2 Å². The van der Waals surface area contributed by atoms with Gasteiger partial charge in [-0.05, 0) is 61.1 Å². The van der Waals surface area contributed by atoms with Gasteiger partial charge in [-0.2, -0.15) is 5.10 Å². The maximum atomic E-state index is 13.8. The number of fused-ring (bicyclic) bond motifs is 1. The van der Waals surface area contributed by atoms with E-state index in [2.05, 4.69) is 21.0 Å². The first-order valence-electron chi connectivity index (χ1n) is 17.0. The summed E-state index contributed by atoms with van der Waals surface area (Å²) in [7, 11) is 3.11. The number of ether oxygens (including phenoxy) is 2. The number of halogens is 1. The largest absolute Gasteiger partial charge is 0.493 e. The van der Waals surface area contributed by atoms with Gasteiger partial charge in [0.1, 0.15) is 24.2 Å². The van der Waals surface area contributed by atoms with Gasteiger partial charge in [0.25, 0.3) is 0 Å². The smallest absolute Gasteiger partial charge is 0.243 e. The Kier molecular flexibility index (Phi) is 13.7. The minimum atomic E-state index is -0.814. The van der Waals surface area contributed by atoms with Crippen LogP contribution in [0.5, 0.6) is 11.5 Å². The Hall–Kier alpha value is -5.01. The van der Waals surface area contributed by atoms with Crippen molar-refractivity contribution < 1.29 is 33.0 Å². The summed E-state index contributed by atoms with van der Waals surface area (Å²) in [6, 6.07) is 9.93. The van der Waals surface area contributed by atoms with Crippen LogP contribution in [0.4, 0.5) is 4.39 Å². The predicted molar refractivity (Wildman–Crippen MR) is 184 cm³/mol. The molecule has 0 fully saturated rings. The van der Waals surface area contributed by atoms with Crippen LogP contribution in [0.15, 0.2) is 42.5 Å². The molecule has 0 unspecified atom stereocenters. The number of rotatable bonds is 8. The van der Waals surface area contributed by atoms with Crippen molar-refractivity contribution in [3.8, 4) is 11.5 Å². The van der Waals surface area contributed by atoms with E-state index >= 15 is 0 Å². The topological polar surface area (TPSA) is 157 Å². The van der Waals surface area contributed by atoms with E-state index < -0.39 is 17.9 Å². The fraction of sp³-hybridized carbons (Fsp3) is 0.500. The molecule has 13 nitrogen and oxygen atoms in total. The number of nitrogens with one attached hydrogen (secondary N) is 3. The van der Waals surface area contributed by atoms with Crippen LogP contribution in [0.1, 0.15) is 75.3 Å². The minimum absolute atomic E-state index is 0.00543. The second-order valence-corrected chi connectivity index (χ2v) is 12.6. The molecule has 2 aromatic carbocycles. The second kappa shape index (κ2) is 18.1. The molecule has 50 heavy (non-hydrogen) atoms. The van der Waals surface area contributed by atoms with Crippen molar-refractivity contribution in [3.05, 3.63) is 71.1 Å². The molecule has 0 saturated heterocycles. The van der Waals surface area contributed by atoms with Gasteiger partial charge in [-0.25, -0.2) is 14.1 Å². The molecular weight excluding hydrogens is 645 g/mol. The van der Waals surface area contributed by atoms with Crippen LogP contribution < -0.4 is 25.4 Å². The van der Waals surface area contributed by atoms with E-state index in [4.69, 9.17) is 14.5 Å². The zero-order chi connectivity index (χ0) is 36.2. The van der Waals surface area contributed by atoms with Gasteiger partial charge in [0.15, 0.2) is 17.3 Å². The zero-order valence-electron chi connectivity index (χ0n) is 29.5. The zero-order valence-corrected chi connectivity index (χ0v) is 29.5. The SMILES string of the molecule is CC[C@H](C)[C@@H]1NC(=O)CCCN(C(=O)Cc2cccc(F)c2)CCCNC(=O)Cn2nc(Cc3ccc(OC)c(OC)c3)nc2[C@@H](C)NC1=O.